The second kappa shape index (κ2) is 8.59. The van der Waals surface area contributed by atoms with E-state index < -0.39 is 0 Å². The van der Waals surface area contributed by atoms with Crippen LogP contribution >= 0.6 is 0 Å². The first kappa shape index (κ1) is 16.5. The number of benzene rings is 1. The fourth-order valence-electron chi connectivity index (χ4n) is 2.10. The van der Waals surface area contributed by atoms with E-state index in [1.165, 1.54) is 0 Å². The molecule has 0 bridgehead atoms. The third-order valence-electron chi connectivity index (χ3n) is 3.22. The number of amides is 1. The van der Waals surface area contributed by atoms with Crippen molar-refractivity contribution in [2.24, 2.45) is 0 Å². The van der Waals surface area contributed by atoms with Crippen molar-refractivity contribution in [2.45, 2.75) is 20.3 Å². The standard InChI is InChI=1S/C16H27N3O/c1-5-17-15-10-8-14(9-11-15)16(20)19(6-2)13-7-12-18(3)4/h8-11,17H,5-7,12-13H2,1-4H3. The molecule has 112 valence electrons. The van der Waals surface area contributed by atoms with Crippen LogP contribution in [0.1, 0.15) is 30.6 Å². The molecule has 0 saturated carbocycles. The van der Waals surface area contributed by atoms with Crippen LogP contribution in [-0.2, 0) is 0 Å². The maximum atomic E-state index is 12.4. The summed E-state index contributed by atoms with van der Waals surface area (Å²) in [7, 11) is 4.11. The number of carbonyl (C=O) groups excluding carboxylic acids is 1. The lowest BCUT2D eigenvalue weighted by Gasteiger charge is -2.22. The molecule has 0 unspecified atom stereocenters. The van der Waals surface area contributed by atoms with Gasteiger partial charge >= 0.3 is 0 Å². The van der Waals surface area contributed by atoms with Crippen LogP contribution in [0, 0.1) is 0 Å². The second-order valence-electron chi connectivity index (χ2n) is 5.15. The lowest BCUT2D eigenvalue weighted by molar-refractivity contribution is 0.0759. The first-order chi connectivity index (χ1) is 9.58. The minimum absolute atomic E-state index is 0.120. The minimum atomic E-state index is 0.120. The molecular formula is C16H27N3O. The minimum Gasteiger partial charge on any atom is -0.385 e. The van der Waals surface area contributed by atoms with Crippen LogP contribution in [0.25, 0.3) is 0 Å². The monoisotopic (exact) mass is 277 g/mol. The zero-order chi connectivity index (χ0) is 15.0. The normalized spacial score (nSPS) is 10.7. The number of hydrogen-bond donors (Lipinski definition) is 1. The van der Waals surface area contributed by atoms with Crippen LogP contribution in [0.15, 0.2) is 24.3 Å². The smallest absolute Gasteiger partial charge is 0.253 e. The lowest BCUT2D eigenvalue weighted by atomic mass is 10.1. The summed E-state index contributed by atoms with van der Waals surface area (Å²) in [5, 5.41) is 3.23. The Hall–Kier alpha value is -1.55. The Balaban J connectivity index is 2.60. The molecule has 0 atom stereocenters. The second-order valence-corrected chi connectivity index (χ2v) is 5.15. The van der Waals surface area contributed by atoms with Gasteiger partial charge in [0.15, 0.2) is 0 Å². The molecule has 0 aromatic heterocycles. The Labute approximate surface area is 122 Å². The van der Waals surface area contributed by atoms with Gasteiger partial charge in [-0.3, -0.25) is 4.79 Å². The van der Waals surface area contributed by atoms with E-state index in [1.54, 1.807) is 0 Å². The molecule has 0 saturated heterocycles. The maximum absolute atomic E-state index is 12.4. The van der Waals surface area contributed by atoms with Crippen LogP contribution in [-0.4, -0.2) is 56.0 Å². The molecule has 1 aromatic carbocycles. The van der Waals surface area contributed by atoms with E-state index in [1.807, 2.05) is 36.1 Å². The number of nitrogens with one attached hydrogen (secondary N) is 1. The van der Waals surface area contributed by atoms with Gasteiger partial charge in [-0.05, 0) is 65.2 Å². The Morgan fingerprint density at radius 3 is 2.25 bits per heavy atom. The van der Waals surface area contributed by atoms with Crippen molar-refractivity contribution in [1.29, 1.82) is 0 Å². The highest BCUT2D eigenvalue weighted by Crippen LogP contribution is 2.11. The molecule has 1 rings (SSSR count). The predicted molar refractivity (Wildman–Crippen MR) is 85.4 cm³/mol. The third-order valence-corrected chi connectivity index (χ3v) is 3.22. The predicted octanol–water partition coefficient (Wildman–Crippen LogP) is 2.53. The van der Waals surface area contributed by atoms with E-state index in [2.05, 4.69) is 31.2 Å². The average Bonchev–Trinajstić information content (AvgIpc) is 2.44. The first-order valence-corrected chi connectivity index (χ1v) is 7.36. The Bertz CT molecular complexity index is 401. The Kier molecular flexibility index (Phi) is 7.09. The van der Waals surface area contributed by atoms with E-state index in [9.17, 15) is 4.79 Å². The van der Waals surface area contributed by atoms with Gasteiger partial charge in [0.1, 0.15) is 0 Å². The SMILES string of the molecule is CCNc1ccc(C(=O)N(CC)CCCN(C)C)cc1. The van der Waals surface area contributed by atoms with Gasteiger partial charge in [0.05, 0.1) is 0 Å². The molecule has 20 heavy (non-hydrogen) atoms. The van der Waals surface area contributed by atoms with E-state index in [-0.39, 0.29) is 5.91 Å². The number of rotatable bonds is 8. The molecule has 1 amide bonds. The number of anilines is 1. The molecule has 0 radical (unpaired) electrons. The number of hydrogen-bond acceptors (Lipinski definition) is 3. The van der Waals surface area contributed by atoms with Gasteiger partial charge in [0, 0.05) is 30.9 Å². The molecule has 0 aliphatic rings. The topological polar surface area (TPSA) is 35.6 Å². The molecule has 1 N–H and O–H groups in total. The summed E-state index contributed by atoms with van der Waals surface area (Å²) in [6.07, 6.45) is 1.00. The van der Waals surface area contributed by atoms with Gasteiger partial charge < -0.3 is 15.1 Å². The highest BCUT2D eigenvalue weighted by atomic mass is 16.2. The van der Waals surface area contributed by atoms with Crippen molar-refractivity contribution < 1.29 is 4.79 Å². The molecule has 0 heterocycles. The summed E-state index contributed by atoms with van der Waals surface area (Å²) in [6.45, 7) is 7.54. The van der Waals surface area contributed by atoms with Crippen LogP contribution in [0.5, 0.6) is 0 Å². The number of nitrogens with zero attached hydrogens (tertiary/aromatic N) is 2. The zero-order valence-electron chi connectivity index (χ0n) is 13.1. The molecule has 0 aliphatic heterocycles. The summed E-state index contributed by atoms with van der Waals surface area (Å²) in [5.41, 5.74) is 1.82. The average molecular weight is 277 g/mol. The van der Waals surface area contributed by atoms with E-state index in [0.29, 0.717) is 0 Å². The fourth-order valence-corrected chi connectivity index (χ4v) is 2.10. The van der Waals surface area contributed by atoms with Crippen molar-refractivity contribution in [3.05, 3.63) is 29.8 Å². The van der Waals surface area contributed by atoms with Gasteiger partial charge in [-0.1, -0.05) is 0 Å². The van der Waals surface area contributed by atoms with Crippen molar-refractivity contribution >= 4 is 11.6 Å². The molecule has 0 aliphatic carbocycles. The molecule has 4 heteroatoms. The number of carbonyl (C=O) groups is 1. The summed E-state index contributed by atoms with van der Waals surface area (Å²) in [5.74, 6) is 0.120. The maximum Gasteiger partial charge on any atom is 0.253 e. The Morgan fingerprint density at radius 2 is 1.75 bits per heavy atom. The molecule has 4 nitrogen and oxygen atoms in total. The van der Waals surface area contributed by atoms with E-state index in [4.69, 9.17) is 0 Å². The largest absolute Gasteiger partial charge is 0.385 e. The van der Waals surface area contributed by atoms with Crippen molar-refractivity contribution in [3.63, 3.8) is 0 Å². The summed E-state index contributed by atoms with van der Waals surface area (Å²) in [6, 6.07) is 7.72. The third kappa shape index (κ3) is 5.21. The summed E-state index contributed by atoms with van der Waals surface area (Å²) in [4.78, 5) is 16.5. The van der Waals surface area contributed by atoms with E-state index >= 15 is 0 Å². The van der Waals surface area contributed by atoms with Crippen LogP contribution < -0.4 is 5.32 Å². The fraction of sp³-hybridized carbons (Fsp3) is 0.562. The highest BCUT2D eigenvalue weighted by molar-refractivity contribution is 5.94. The van der Waals surface area contributed by atoms with Gasteiger partial charge in [-0.2, -0.15) is 0 Å². The molecule has 0 fully saturated rings. The molecular weight excluding hydrogens is 250 g/mol. The Morgan fingerprint density at radius 1 is 1.10 bits per heavy atom. The highest BCUT2D eigenvalue weighted by Gasteiger charge is 2.13. The zero-order valence-corrected chi connectivity index (χ0v) is 13.1. The van der Waals surface area contributed by atoms with Crippen LogP contribution in [0.4, 0.5) is 5.69 Å². The van der Waals surface area contributed by atoms with Crippen molar-refractivity contribution in [1.82, 2.24) is 9.80 Å². The van der Waals surface area contributed by atoms with Gasteiger partial charge in [-0.15, -0.1) is 0 Å². The van der Waals surface area contributed by atoms with Crippen LogP contribution in [0.3, 0.4) is 0 Å². The first-order valence-electron chi connectivity index (χ1n) is 7.36. The summed E-state index contributed by atoms with van der Waals surface area (Å²) < 4.78 is 0. The van der Waals surface area contributed by atoms with Gasteiger partial charge in [-0.25, -0.2) is 0 Å². The molecule has 0 spiro atoms. The molecule has 1 aromatic rings. The quantitative estimate of drug-likeness (QED) is 0.793. The van der Waals surface area contributed by atoms with E-state index in [0.717, 1.165) is 43.9 Å². The van der Waals surface area contributed by atoms with Gasteiger partial charge in [0.25, 0.3) is 5.91 Å². The van der Waals surface area contributed by atoms with Crippen molar-refractivity contribution in [3.8, 4) is 0 Å². The van der Waals surface area contributed by atoms with Crippen molar-refractivity contribution in [2.75, 3.05) is 45.6 Å². The van der Waals surface area contributed by atoms with Gasteiger partial charge in [0.2, 0.25) is 0 Å². The lowest BCUT2D eigenvalue weighted by Crippen LogP contribution is -2.33. The summed E-state index contributed by atoms with van der Waals surface area (Å²) >= 11 is 0. The van der Waals surface area contributed by atoms with Crippen LogP contribution in [0.2, 0.25) is 0 Å².